The SMILES string of the molecule is Nc1cc(I)c(F)cc1N1CCNCC1. The van der Waals surface area contributed by atoms with Gasteiger partial charge in [-0.1, -0.05) is 0 Å². The van der Waals surface area contributed by atoms with Crippen molar-refractivity contribution in [2.24, 2.45) is 0 Å². The van der Waals surface area contributed by atoms with Crippen LogP contribution in [0.3, 0.4) is 0 Å². The maximum Gasteiger partial charge on any atom is 0.138 e. The van der Waals surface area contributed by atoms with Crippen LogP contribution in [0.1, 0.15) is 0 Å². The number of nitrogen functional groups attached to an aromatic ring is 1. The molecular weight excluding hydrogens is 308 g/mol. The molecule has 0 saturated carbocycles. The molecule has 82 valence electrons. The van der Waals surface area contributed by atoms with E-state index in [-0.39, 0.29) is 5.82 Å². The minimum Gasteiger partial charge on any atom is -0.397 e. The average Bonchev–Trinajstić information content (AvgIpc) is 2.25. The molecule has 2 rings (SSSR count). The van der Waals surface area contributed by atoms with Gasteiger partial charge in [0.15, 0.2) is 0 Å². The largest absolute Gasteiger partial charge is 0.397 e. The molecule has 15 heavy (non-hydrogen) atoms. The summed E-state index contributed by atoms with van der Waals surface area (Å²) in [4.78, 5) is 2.12. The summed E-state index contributed by atoms with van der Waals surface area (Å²) in [5.41, 5.74) is 7.36. The monoisotopic (exact) mass is 321 g/mol. The zero-order chi connectivity index (χ0) is 10.8. The van der Waals surface area contributed by atoms with E-state index in [1.165, 1.54) is 6.07 Å². The molecule has 3 nitrogen and oxygen atoms in total. The lowest BCUT2D eigenvalue weighted by atomic mass is 10.2. The number of benzene rings is 1. The molecule has 0 unspecified atom stereocenters. The smallest absolute Gasteiger partial charge is 0.138 e. The minimum absolute atomic E-state index is 0.196. The van der Waals surface area contributed by atoms with Gasteiger partial charge in [-0.15, -0.1) is 0 Å². The first kappa shape index (κ1) is 10.9. The third-order valence-corrected chi connectivity index (χ3v) is 3.35. The van der Waals surface area contributed by atoms with Gasteiger partial charge in [-0.25, -0.2) is 4.39 Å². The average molecular weight is 321 g/mol. The van der Waals surface area contributed by atoms with Crippen molar-refractivity contribution in [2.75, 3.05) is 36.8 Å². The van der Waals surface area contributed by atoms with Crippen LogP contribution in [0.4, 0.5) is 15.8 Å². The highest BCUT2D eigenvalue weighted by atomic mass is 127. The Morgan fingerprint density at radius 1 is 1.33 bits per heavy atom. The molecule has 0 aliphatic carbocycles. The molecule has 0 bridgehead atoms. The second-order valence-corrected chi connectivity index (χ2v) is 4.72. The van der Waals surface area contributed by atoms with Crippen molar-refractivity contribution in [3.05, 3.63) is 21.5 Å². The molecule has 0 amide bonds. The van der Waals surface area contributed by atoms with E-state index in [1.807, 2.05) is 22.6 Å². The van der Waals surface area contributed by atoms with Crippen LogP contribution >= 0.6 is 22.6 Å². The molecule has 0 atom stereocenters. The van der Waals surface area contributed by atoms with E-state index < -0.39 is 0 Å². The summed E-state index contributed by atoms with van der Waals surface area (Å²) in [5, 5.41) is 3.25. The summed E-state index contributed by atoms with van der Waals surface area (Å²) in [6.45, 7) is 3.61. The molecule has 1 aromatic carbocycles. The second-order valence-electron chi connectivity index (χ2n) is 3.56. The Balaban J connectivity index is 2.30. The van der Waals surface area contributed by atoms with Crippen LogP contribution in [0, 0.1) is 9.39 Å². The fraction of sp³-hybridized carbons (Fsp3) is 0.400. The highest BCUT2D eigenvalue weighted by Crippen LogP contribution is 2.27. The lowest BCUT2D eigenvalue weighted by Crippen LogP contribution is -2.43. The predicted molar refractivity (Wildman–Crippen MR) is 68.6 cm³/mol. The van der Waals surface area contributed by atoms with Crippen molar-refractivity contribution in [2.45, 2.75) is 0 Å². The van der Waals surface area contributed by atoms with Gasteiger partial charge in [0.25, 0.3) is 0 Å². The molecule has 0 spiro atoms. The van der Waals surface area contributed by atoms with Crippen molar-refractivity contribution in [3.8, 4) is 0 Å². The van der Waals surface area contributed by atoms with Gasteiger partial charge >= 0.3 is 0 Å². The molecule has 1 aliphatic rings. The molecule has 1 fully saturated rings. The normalized spacial score (nSPS) is 16.8. The number of hydrogen-bond donors (Lipinski definition) is 2. The van der Waals surface area contributed by atoms with E-state index in [2.05, 4.69) is 10.2 Å². The number of anilines is 2. The maximum absolute atomic E-state index is 13.4. The molecule has 1 aliphatic heterocycles. The van der Waals surface area contributed by atoms with Gasteiger partial charge in [0.2, 0.25) is 0 Å². The number of piperazine rings is 1. The summed E-state index contributed by atoms with van der Waals surface area (Å²) in [6.07, 6.45) is 0. The third-order valence-electron chi connectivity index (χ3n) is 2.53. The number of nitrogens with zero attached hydrogens (tertiary/aromatic N) is 1. The number of nitrogens with two attached hydrogens (primary N) is 1. The van der Waals surface area contributed by atoms with Crippen LogP contribution in [0.15, 0.2) is 12.1 Å². The lowest BCUT2D eigenvalue weighted by Gasteiger charge is -2.30. The van der Waals surface area contributed by atoms with Gasteiger partial charge in [0.05, 0.1) is 14.9 Å². The molecule has 1 aromatic rings. The summed E-state index contributed by atoms with van der Waals surface area (Å²) in [5.74, 6) is -0.196. The summed E-state index contributed by atoms with van der Waals surface area (Å²) in [7, 11) is 0. The van der Waals surface area contributed by atoms with Gasteiger partial charge in [-0.3, -0.25) is 0 Å². The van der Waals surface area contributed by atoms with Crippen LogP contribution in [-0.4, -0.2) is 26.2 Å². The van der Waals surface area contributed by atoms with E-state index in [1.54, 1.807) is 6.07 Å². The number of rotatable bonds is 1. The van der Waals surface area contributed by atoms with Crippen LogP contribution < -0.4 is 16.0 Å². The Hall–Kier alpha value is -0.560. The summed E-state index contributed by atoms with van der Waals surface area (Å²) in [6, 6.07) is 3.22. The standard InChI is InChI=1S/C10H13FIN3/c11-7-5-10(9(13)6-8(7)12)15-3-1-14-2-4-15/h5-6,14H,1-4,13H2. The van der Waals surface area contributed by atoms with E-state index >= 15 is 0 Å². The zero-order valence-corrected chi connectivity index (χ0v) is 10.4. The number of nitrogens with one attached hydrogen (secondary N) is 1. The summed E-state index contributed by atoms with van der Waals surface area (Å²) < 4.78 is 14.0. The molecule has 0 radical (unpaired) electrons. The maximum atomic E-state index is 13.4. The predicted octanol–water partition coefficient (Wildman–Crippen LogP) is 1.42. The zero-order valence-electron chi connectivity index (χ0n) is 8.26. The lowest BCUT2D eigenvalue weighted by molar-refractivity contribution is 0.584. The van der Waals surface area contributed by atoms with Crippen LogP contribution in [-0.2, 0) is 0 Å². The van der Waals surface area contributed by atoms with Gasteiger partial charge < -0.3 is 16.0 Å². The van der Waals surface area contributed by atoms with E-state index in [4.69, 9.17) is 5.73 Å². The van der Waals surface area contributed by atoms with Gasteiger partial charge in [-0.05, 0) is 28.7 Å². The fourth-order valence-electron chi connectivity index (χ4n) is 1.73. The van der Waals surface area contributed by atoms with E-state index in [0.29, 0.717) is 9.26 Å². The Morgan fingerprint density at radius 2 is 2.00 bits per heavy atom. The van der Waals surface area contributed by atoms with Crippen molar-refractivity contribution in [3.63, 3.8) is 0 Å². The molecule has 3 N–H and O–H groups in total. The van der Waals surface area contributed by atoms with Crippen molar-refractivity contribution >= 4 is 34.0 Å². The first-order valence-electron chi connectivity index (χ1n) is 4.88. The van der Waals surface area contributed by atoms with Crippen LogP contribution in [0.2, 0.25) is 0 Å². The Morgan fingerprint density at radius 3 is 2.67 bits per heavy atom. The van der Waals surface area contributed by atoms with E-state index in [0.717, 1.165) is 31.9 Å². The minimum atomic E-state index is -0.196. The first-order chi connectivity index (χ1) is 7.18. The topological polar surface area (TPSA) is 41.3 Å². The second kappa shape index (κ2) is 4.52. The van der Waals surface area contributed by atoms with Gasteiger partial charge in [0.1, 0.15) is 5.82 Å². The fourth-order valence-corrected chi connectivity index (χ4v) is 2.22. The van der Waals surface area contributed by atoms with Gasteiger partial charge in [-0.2, -0.15) is 0 Å². The number of hydrogen-bond acceptors (Lipinski definition) is 3. The van der Waals surface area contributed by atoms with E-state index in [9.17, 15) is 4.39 Å². The molecule has 0 aromatic heterocycles. The van der Waals surface area contributed by atoms with Crippen molar-refractivity contribution in [1.82, 2.24) is 5.32 Å². The molecule has 5 heteroatoms. The number of halogens is 2. The Kier molecular flexibility index (Phi) is 3.30. The molecule has 1 heterocycles. The van der Waals surface area contributed by atoms with Crippen LogP contribution in [0.5, 0.6) is 0 Å². The van der Waals surface area contributed by atoms with Crippen molar-refractivity contribution < 1.29 is 4.39 Å². The molecular formula is C10H13FIN3. The highest BCUT2D eigenvalue weighted by Gasteiger charge is 2.15. The van der Waals surface area contributed by atoms with Gasteiger partial charge in [0, 0.05) is 32.2 Å². The van der Waals surface area contributed by atoms with Crippen molar-refractivity contribution in [1.29, 1.82) is 0 Å². The van der Waals surface area contributed by atoms with Crippen LogP contribution in [0.25, 0.3) is 0 Å². The Labute approximate surface area is 102 Å². The summed E-state index contributed by atoms with van der Waals surface area (Å²) >= 11 is 1.95. The quantitative estimate of drug-likeness (QED) is 0.607. The third kappa shape index (κ3) is 2.34. The first-order valence-corrected chi connectivity index (χ1v) is 5.96. The Bertz CT molecular complexity index is 364. The molecule has 1 saturated heterocycles. The highest BCUT2D eigenvalue weighted by molar-refractivity contribution is 14.1.